The van der Waals surface area contributed by atoms with Crippen molar-refractivity contribution in [2.75, 3.05) is 12.8 Å². The van der Waals surface area contributed by atoms with Crippen LogP contribution in [0.5, 0.6) is 11.5 Å². The molecule has 2 heterocycles. The third-order valence-electron chi connectivity index (χ3n) is 4.49. The molecule has 0 amide bonds. The number of aromatic hydroxyl groups is 1. The number of hydrogen-bond acceptors (Lipinski definition) is 6. The van der Waals surface area contributed by atoms with Gasteiger partial charge in [0, 0.05) is 11.6 Å². The standard InChI is InChI=1S/C20H20N4O2S/c1-3-6-11-9-12(14(25)10-15(11)26-2)18-17(19(21)24-23-18)20-22-13-7-4-5-8-16(13)27-20/h4-5,7-10,25H,3,6H2,1-2H3,(H3,21,23,24). The van der Waals surface area contributed by atoms with E-state index in [1.54, 1.807) is 24.5 Å². The minimum atomic E-state index is 0.109. The van der Waals surface area contributed by atoms with Crippen molar-refractivity contribution in [1.29, 1.82) is 0 Å². The van der Waals surface area contributed by atoms with Gasteiger partial charge in [0.2, 0.25) is 0 Å². The molecule has 0 aliphatic heterocycles. The van der Waals surface area contributed by atoms with E-state index in [9.17, 15) is 5.11 Å². The summed E-state index contributed by atoms with van der Waals surface area (Å²) >= 11 is 1.55. The lowest BCUT2D eigenvalue weighted by molar-refractivity contribution is 0.403. The predicted molar refractivity (Wildman–Crippen MR) is 109 cm³/mol. The van der Waals surface area contributed by atoms with Gasteiger partial charge in [-0.15, -0.1) is 11.3 Å². The van der Waals surface area contributed by atoms with Crippen LogP contribution in [0.3, 0.4) is 0 Å². The number of methoxy groups -OCH3 is 1. The summed E-state index contributed by atoms with van der Waals surface area (Å²) in [7, 11) is 1.61. The Morgan fingerprint density at radius 2 is 2.07 bits per heavy atom. The maximum atomic E-state index is 10.6. The molecule has 0 aliphatic carbocycles. The van der Waals surface area contributed by atoms with Crippen molar-refractivity contribution in [2.24, 2.45) is 0 Å². The lowest BCUT2D eigenvalue weighted by Gasteiger charge is -2.12. The SMILES string of the molecule is CCCc1cc(-c2[nH]nc(N)c2-c2nc3ccccc3s2)c(O)cc1OC. The number of aromatic amines is 1. The van der Waals surface area contributed by atoms with Crippen LogP contribution in [0, 0.1) is 0 Å². The molecule has 0 saturated carbocycles. The Balaban J connectivity index is 1.90. The van der Waals surface area contributed by atoms with E-state index in [0.29, 0.717) is 28.4 Å². The van der Waals surface area contributed by atoms with Gasteiger partial charge in [-0.25, -0.2) is 4.98 Å². The van der Waals surface area contributed by atoms with Crippen LogP contribution in [0.4, 0.5) is 5.82 Å². The van der Waals surface area contributed by atoms with Crippen molar-refractivity contribution < 1.29 is 9.84 Å². The van der Waals surface area contributed by atoms with E-state index in [4.69, 9.17) is 15.5 Å². The first-order valence-corrected chi connectivity index (χ1v) is 9.54. The first kappa shape index (κ1) is 17.4. The number of aryl methyl sites for hydroxylation is 1. The van der Waals surface area contributed by atoms with E-state index in [2.05, 4.69) is 17.1 Å². The fourth-order valence-corrected chi connectivity index (χ4v) is 4.24. The number of nitrogens with two attached hydrogens (primary N) is 1. The van der Waals surface area contributed by atoms with Crippen molar-refractivity contribution in [2.45, 2.75) is 19.8 Å². The zero-order chi connectivity index (χ0) is 19.0. The van der Waals surface area contributed by atoms with E-state index >= 15 is 0 Å². The van der Waals surface area contributed by atoms with Crippen LogP contribution in [-0.2, 0) is 6.42 Å². The van der Waals surface area contributed by atoms with E-state index in [1.165, 1.54) is 0 Å². The van der Waals surface area contributed by atoms with Crippen molar-refractivity contribution in [3.8, 4) is 33.3 Å². The zero-order valence-corrected chi connectivity index (χ0v) is 15.9. The summed E-state index contributed by atoms with van der Waals surface area (Å²) in [4.78, 5) is 4.70. The van der Waals surface area contributed by atoms with Crippen LogP contribution in [-0.4, -0.2) is 27.4 Å². The van der Waals surface area contributed by atoms with Crippen molar-refractivity contribution in [3.05, 3.63) is 42.0 Å². The van der Waals surface area contributed by atoms with Gasteiger partial charge in [0.1, 0.15) is 16.5 Å². The summed E-state index contributed by atoms with van der Waals surface area (Å²) in [5.41, 5.74) is 10.1. The normalized spacial score (nSPS) is 11.2. The molecule has 0 atom stereocenters. The van der Waals surface area contributed by atoms with Crippen LogP contribution in [0.25, 0.3) is 32.0 Å². The van der Waals surface area contributed by atoms with Crippen molar-refractivity contribution >= 4 is 27.4 Å². The van der Waals surface area contributed by atoms with Gasteiger partial charge in [0.15, 0.2) is 5.82 Å². The largest absolute Gasteiger partial charge is 0.507 e. The van der Waals surface area contributed by atoms with Gasteiger partial charge in [-0.3, -0.25) is 5.10 Å². The van der Waals surface area contributed by atoms with E-state index in [1.807, 2.05) is 30.3 Å². The molecule has 0 bridgehead atoms. The number of nitrogens with one attached hydrogen (secondary N) is 1. The smallest absolute Gasteiger partial charge is 0.156 e. The van der Waals surface area contributed by atoms with E-state index in [0.717, 1.165) is 33.6 Å². The Labute approximate surface area is 160 Å². The monoisotopic (exact) mass is 380 g/mol. The van der Waals surface area contributed by atoms with Gasteiger partial charge in [-0.05, 0) is 30.2 Å². The van der Waals surface area contributed by atoms with Crippen LogP contribution >= 0.6 is 11.3 Å². The molecule has 6 nitrogen and oxygen atoms in total. The Hall–Kier alpha value is -3.06. The Kier molecular flexibility index (Phi) is 4.45. The van der Waals surface area contributed by atoms with Crippen LogP contribution in [0.2, 0.25) is 0 Å². The molecule has 4 rings (SSSR count). The Morgan fingerprint density at radius 3 is 2.81 bits per heavy atom. The molecular formula is C20H20N4O2S. The van der Waals surface area contributed by atoms with Gasteiger partial charge in [0.05, 0.1) is 28.6 Å². The van der Waals surface area contributed by atoms with Crippen molar-refractivity contribution in [1.82, 2.24) is 15.2 Å². The van der Waals surface area contributed by atoms with Gasteiger partial charge >= 0.3 is 0 Å². The maximum absolute atomic E-state index is 10.6. The quantitative estimate of drug-likeness (QED) is 0.470. The van der Waals surface area contributed by atoms with Crippen molar-refractivity contribution in [3.63, 3.8) is 0 Å². The minimum absolute atomic E-state index is 0.109. The van der Waals surface area contributed by atoms with Gasteiger partial charge in [-0.2, -0.15) is 5.10 Å². The molecule has 4 N–H and O–H groups in total. The molecule has 0 spiro atoms. The summed E-state index contributed by atoms with van der Waals surface area (Å²) in [5, 5.41) is 18.5. The first-order valence-electron chi connectivity index (χ1n) is 8.72. The summed E-state index contributed by atoms with van der Waals surface area (Å²) in [5.74, 6) is 1.14. The number of thiazole rings is 1. The molecule has 4 aromatic rings. The number of nitrogen functional groups attached to an aromatic ring is 1. The number of rotatable bonds is 5. The number of fused-ring (bicyclic) bond motifs is 1. The highest BCUT2D eigenvalue weighted by Gasteiger charge is 2.22. The first-order chi connectivity index (χ1) is 13.1. The number of aromatic nitrogens is 3. The maximum Gasteiger partial charge on any atom is 0.156 e. The number of phenolic OH excluding ortho intramolecular Hbond substituents is 1. The fraction of sp³-hybridized carbons (Fsp3) is 0.200. The summed E-state index contributed by atoms with van der Waals surface area (Å²) in [6.07, 6.45) is 1.81. The summed E-state index contributed by atoms with van der Waals surface area (Å²) < 4.78 is 6.48. The van der Waals surface area contributed by atoms with Gasteiger partial charge in [0.25, 0.3) is 0 Å². The lowest BCUT2D eigenvalue weighted by atomic mass is 10.0. The molecule has 0 radical (unpaired) electrons. The highest BCUT2D eigenvalue weighted by Crippen LogP contribution is 2.43. The number of nitrogens with zero attached hydrogens (tertiary/aromatic N) is 2. The van der Waals surface area contributed by atoms with Crippen LogP contribution < -0.4 is 10.5 Å². The Bertz CT molecular complexity index is 1080. The zero-order valence-electron chi connectivity index (χ0n) is 15.1. The number of para-hydroxylation sites is 1. The molecule has 0 fully saturated rings. The second-order valence-corrected chi connectivity index (χ2v) is 7.31. The predicted octanol–water partition coefficient (Wildman–Crippen LogP) is 4.60. The number of phenols is 1. The second kappa shape index (κ2) is 6.92. The lowest BCUT2D eigenvalue weighted by Crippen LogP contribution is -1.94. The fourth-order valence-electron chi connectivity index (χ4n) is 3.22. The van der Waals surface area contributed by atoms with Gasteiger partial charge < -0.3 is 15.6 Å². The molecule has 0 aliphatic rings. The van der Waals surface area contributed by atoms with E-state index in [-0.39, 0.29) is 5.75 Å². The number of H-pyrrole nitrogens is 1. The molecule has 0 unspecified atom stereocenters. The van der Waals surface area contributed by atoms with Crippen LogP contribution in [0.15, 0.2) is 36.4 Å². The molecule has 2 aromatic carbocycles. The highest BCUT2D eigenvalue weighted by atomic mass is 32.1. The van der Waals surface area contributed by atoms with E-state index < -0.39 is 0 Å². The van der Waals surface area contributed by atoms with Gasteiger partial charge in [-0.1, -0.05) is 25.5 Å². The average molecular weight is 380 g/mol. The number of ether oxygens (including phenoxy) is 1. The third kappa shape index (κ3) is 3.00. The third-order valence-corrected chi connectivity index (χ3v) is 5.54. The molecule has 138 valence electrons. The second-order valence-electron chi connectivity index (χ2n) is 6.28. The topological polar surface area (TPSA) is 97.1 Å². The molecular weight excluding hydrogens is 360 g/mol. The summed E-state index contributed by atoms with van der Waals surface area (Å²) in [6, 6.07) is 11.5. The Morgan fingerprint density at radius 1 is 1.26 bits per heavy atom. The molecule has 0 saturated heterocycles. The highest BCUT2D eigenvalue weighted by molar-refractivity contribution is 7.21. The minimum Gasteiger partial charge on any atom is -0.507 e. The molecule has 2 aromatic heterocycles. The molecule has 27 heavy (non-hydrogen) atoms. The number of anilines is 1. The molecule has 7 heteroatoms. The average Bonchev–Trinajstić information content (AvgIpc) is 3.25. The number of benzene rings is 2. The van der Waals surface area contributed by atoms with Crippen LogP contribution in [0.1, 0.15) is 18.9 Å². The summed E-state index contributed by atoms with van der Waals surface area (Å²) in [6.45, 7) is 2.10. The number of hydrogen-bond donors (Lipinski definition) is 3.